The third-order valence-electron chi connectivity index (χ3n) is 9.84. The van der Waals surface area contributed by atoms with Crippen molar-refractivity contribution in [3.05, 3.63) is 71.3 Å². The van der Waals surface area contributed by atoms with E-state index in [1.165, 1.54) is 11.3 Å². The molecule has 0 radical (unpaired) electrons. The van der Waals surface area contributed by atoms with Gasteiger partial charge in [0.15, 0.2) is 0 Å². The van der Waals surface area contributed by atoms with Crippen LogP contribution in [0.3, 0.4) is 0 Å². The lowest BCUT2D eigenvalue weighted by molar-refractivity contribution is -0.141. The molecule has 2 aliphatic heterocycles. The fourth-order valence-corrected chi connectivity index (χ4v) is 9.33. The molecule has 7 rings (SSSR count). The van der Waals surface area contributed by atoms with Crippen LogP contribution in [0.2, 0.25) is 5.02 Å². The fourth-order valence-electron chi connectivity index (χ4n) is 6.81. The molecule has 3 amide bonds. The number of aromatic nitrogens is 1. The Kier molecular flexibility index (Phi) is 9.71. The molecule has 260 valence electrons. The summed E-state index contributed by atoms with van der Waals surface area (Å²) in [6.45, 7) is 0.634. The Morgan fingerprint density at radius 3 is 2.71 bits per heavy atom. The molecule has 5 atom stereocenters. The van der Waals surface area contributed by atoms with Gasteiger partial charge in [-0.25, -0.2) is 13.4 Å². The van der Waals surface area contributed by atoms with Gasteiger partial charge in [-0.3, -0.25) is 19.1 Å². The average Bonchev–Trinajstić information content (AvgIpc) is 3.97. The fraction of sp³-hybridized carbons (Fsp3) is 0.486. The number of carbonyl (C=O) groups excluding carboxylic acids is 3. The quantitative estimate of drug-likeness (QED) is 0.289. The van der Waals surface area contributed by atoms with Crippen molar-refractivity contribution in [3.63, 3.8) is 0 Å². The summed E-state index contributed by atoms with van der Waals surface area (Å²) >= 11 is 7.52. The maximum atomic E-state index is 14.4. The summed E-state index contributed by atoms with van der Waals surface area (Å²) in [4.78, 5) is 48.4. The Bertz CT molecular complexity index is 1870. The van der Waals surface area contributed by atoms with Crippen molar-refractivity contribution in [3.8, 4) is 5.19 Å². The minimum Gasteiger partial charge on any atom is -0.465 e. The first-order valence-corrected chi connectivity index (χ1v) is 19.7. The highest BCUT2D eigenvalue weighted by Crippen LogP contribution is 2.46. The zero-order valence-electron chi connectivity index (χ0n) is 27.0. The molecular weight excluding hydrogens is 686 g/mol. The van der Waals surface area contributed by atoms with E-state index in [1.807, 2.05) is 54.6 Å². The average molecular weight is 726 g/mol. The maximum absolute atomic E-state index is 14.4. The number of nitrogens with one attached hydrogen (secondary N) is 3. The number of hydrogen-bond donors (Lipinski definition) is 3. The number of ether oxygens (including phenoxy) is 1. The van der Waals surface area contributed by atoms with E-state index in [9.17, 15) is 22.8 Å². The number of benzene rings is 2. The monoisotopic (exact) mass is 725 g/mol. The largest absolute Gasteiger partial charge is 0.465 e. The smallest absolute Gasteiger partial charge is 0.274 e. The molecule has 3 N–H and O–H groups in total. The number of thiazole rings is 1. The Morgan fingerprint density at radius 1 is 1.10 bits per heavy atom. The lowest BCUT2D eigenvalue weighted by Crippen LogP contribution is -2.58. The lowest BCUT2D eigenvalue weighted by Gasteiger charge is -2.30. The van der Waals surface area contributed by atoms with Crippen LogP contribution in [-0.4, -0.2) is 71.5 Å². The molecule has 49 heavy (non-hydrogen) atoms. The van der Waals surface area contributed by atoms with E-state index in [0.717, 1.165) is 41.5 Å². The highest BCUT2D eigenvalue weighted by atomic mass is 35.5. The summed E-state index contributed by atoms with van der Waals surface area (Å²) in [6.07, 6.45) is 8.85. The van der Waals surface area contributed by atoms with E-state index in [4.69, 9.17) is 16.3 Å². The molecule has 0 bridgehead atoms. The SMILES string of the molecule is O=C1N[C@]2(C(=O)NS(=O)(=O)C3CC3)C[C@H]2C=CCCCCC[C@H](NCc2ccccc2)C(=O)N2C[C@H](Oc3nc4ccc(Cl)cc4s3)C[C@@H]12. The van der Waals surface area contributed by atoms with Gasteiger partial charge in [0.05, 0.1) is 28.1 Å². The van der Waals surface area contributed by atoms with Crippen LogP contribution >= 0.6 is 22.9 Å². The third kappa shape index (κ3) is 7.64. The molecule has 2 aromatic carbocycles. The van der Waals surface area contributed by atoms with Gasteiger partial charge in [0, 0.05) is 23.9 Å². The third-order valence-corrected chi connectivity index (χ3v) is 12.8. The highest BCUT2D eigenvalue weighted by Gasteiger charge is 2.62. The van der Waals surface area contributed by atoms with Gasteiger partial charge in [-0.2, -0.15) is 0 Å². The van der Waals surface area contributed by atoms with Crippen molar-refractivity contribution in [2.75, 3.05) is 6.54 Å². The lowest BCUT2D eigenvalue weighted by atomic mass is 10.0. The molecule has 4 aliphatic rings. The van der Waals surface area contributed by atoms with Crippen LogP contribution in [0.5, 0.6) is 5.19 Å². The van der Waals surface area contributed by atoms with Gasteiger partial charge in [-0.1, -0.05) is 78.3 Å². The summed E-state index contributed by atoms with van der Waals surface area (Å²) in [7, 11) is -3.83. The molecule has 2 aliphatic carbocycles. The molecule has 1 aromatic heterocycles. The molecule has 3 aromatic rings. The minimum atomic E-state index is -3.83. The zero-order chi connectivity index (χ0) is 34.2. The van der Waals surface area contributed by atoms with Gasteiger partial charge in [-0.15, -0.1) is 0 Å². The van der Waals surface area contributed by atoms with Gasteiger partial charge in [0.2, 0.25) is 21.8 Å². The van der Waals surface area contributed by atoms with Crippen molar-refractivity contribution in [1.29, 1.82) is 0 Å². The second kappa shape index (κ2) is 14.0. The number of rotatable bonds is 8. The predicted molar refractivity (Wildman–Crippen MR) is 188 cm³/mol. The number of fused-ring (bicyclic) bond motifs is 3. The van der Waals surface area contributed by atoms with Crippen molar-refractivity contribution >= 4 is 60.9 Å². The van der Waals surface area contributed by atoms with Gasteiger partial charge < -0.3 is 20.3 Å². The van der Waals surface area contributed by atoms with Crippen molar-refractivity contribution in [1.82, 2.24) is 25.2 Å². The van der Waals surface area contributed by atoms with Crippen LogP contribution in [-0.2, 0) is 31.0 Å². The van der Waals surface area contributed by atoms with Crippen molar-refractivity contribution in [2.24, 2.45) is 5.92 Å². The molecule has 3 fully saturated rings. The number of hydrogen-bond acceptors (Lipinski definition) is 9. The normalized spacial score (nSPS) is 27.8. The standard InChI is InChI=1S/C35H40ClN5O6S2/c36-24-13-16-27-30(17-24)48-34(38-27)47-25-18-29-31(42)39-35(33(44)40-49(45,46)26-14-15-26)19-23(35)11-7-2-1-3-8-12-28(32(43)41(29)21-25)37-20-22-9-5-4-6-10-22/h4-7,9-11,13,16-17,23,25-26,28-29,37H,1-3,8,12,14-15,18-21H2,(H,39,42)(H,40,44)/t23-,25-,28+,29+,35-/m1/s1. The van der Waals surface area contributed by atoms with E-state index < -0.39 is 50.8 Å². The van der Waals surface area contributed by atoms with Crippen LogP contribution in [0.25, 0.3) is 10.2 Å². The van der Waals surface area contributed by atoms with Gasteiger partial charge in [-0.05, 0) is 62.3 Å². The van der Waals surface area contributed by atoms with Crippen LogP contribution in [0, 0.1) is 5.92 Å². The van der Waals surface area contributed by atoms with Crippen LogP contribution in [0.15, 0.2) is 60.7 Å². The second-order valence-corrected chi connectivity index (χ2v) is 16.9. The molecule has 3 heterocycles. The maximum Gasteiger partial charge on any atom is 0.274 e. The number of allylic oxidation sites excluding steroid dienone is 1. The van der Waals surface area contributed by atoms with Crippen molar-refractivity contribution in [2.45, 2.75) is 93.3 Å². The summed E-state index contributed by atoms with van der Waals surface area (Å²) in [5.41, 5.74) is 0.358. The van der Waals surface area contributed by atoms with E-state index in [2.05, 4.69) is 20.3 Å². The Hall–Kier alpha value is -3.52. The van der Waals surface area contributed by atoms with Gasteiger partial charge in [0.25, 0.3) is 11.1 Å². The first-order chi connectivity index (χ1) is 23.6. The van der Waals surface area contributed by atoms with Crippen LogP contribution in [0.1, 0.15) is 63.4 Å². The van der Waals surface area contributed by atoms with Crippen LogP contribution < -0.4 is 20.1 Å². The zero-order valence-corrected chi connectivity index (χ0v) is 29.4. The molecule has 0 unspecified atom stereocenters. The topological polar surface area (TPSA) is 147 Å². The summed E-state index contributed by atoms with van der Waals surface area (Å²) in [5.74, 6) is -1.81. The van der Waals surface area contributed by atoms with E-state index in [-0.39, 0.29) is 31.2 Å². The number of carbonyl (C=O) groups is 3. The summed E-state index contributed by atoms with van der Waals surface area (Å²) in [6, 6.07) is 13.7. The highest BCUT2D eigenvalue weighted by molar-refractivity contribution is 7.91. The van der Waals surface area contributed by atoms with Crippen LogP contribution in [0.4, 0.5) is 0 Å². The molecule has 14 heteroatoms. The molecule has 0 spiro atoms. The summed E-state index contributed by atoms with van der Waals surface area (Å²) < 4.78 is 34.9. The van der Waals surface area contributed by atoms with Gasteiger partial charge in [0.1, 0.15) is 17.7 Å². The number of sulfonamides is 1. The predicted octanol–water partition coefficient (Wildman–Crippen LogP) is 4.46. The van der Waals surface area contributed by atoms with Crippen molar-refractivity contribution < 1.29 is 27.5 Å². The molecule has 2 saturated carbocycles. The second-order valence-electron chi connectivity index (χ2n) is 13.5. The molecule has 11 nitrogen and oxygen atoms in total. The first kappa shape index (κ1) is 34.0. The first-order valence-electron chi connectivity index (χ1n) is 17.0. The Balaban J connectivity index is 1.16. The number of halogens is 1. The summed E-state index contributed by atoms with van der Waals surface area (Å²) in [5, 5.41) is 6.79. The number of nitrogens with zero attached hydrogens (tertiary/aromatic N) is 2. The van der Waals surface area contributed by atoms with E-state index in [1.54, 1.807) is 11.0 Å². The van der Waals surface area contributed by atoms with E-state index in [0.29, 0.717) is 36.0 Å². The van der Waals surface area contributed by atoms with Gasteiger partial charge >= 0.3 is 0 Å². The van der Waals surface area contributed by atoms with E-state index >= 15 is 0 Å². The Morgan fingerprint density at radius 2 is 1.92 bits per heavy atom. The Labute approximate surface area is 294 Å². The molecular formula is C35H40ClN5O6S2. The number of amides is 3. The molecule has 1 saturated heterocycles. The minimum absolute atomic E-state index is 0.149.